The second-order valence-electron chi connectivity index (χ2n) is 13.2. The van der Waals surface area contributed by atoms with Crippen LogP contribution in [0, 0.1) is 34.2 Å². The minimum absolute atomic E-state index is 0.0266. The van der Waals surface area contributed by atoms with Crippen LogP contribution in [0.5, 0.6) is 11.5 Å². The van der Waals surface area contributed by atoms with Crippen molar-refractivity contribution in [3.05, 3.63) is 77.4 Å². The lowest BCUT2D eigenvalue weighted by Crippen LogP contribution is -2.40. The minimum atomic E-state index is -1.33. The molecular formula is C34H36F3N3O4Si. The molecule has 45 heavy (non-hydrogen) atoms. The van der Waals surface area contributed by atoms with Gasteiger partial charge in [-0.25, -0.2) is 18.2 Å². The van der Waals surface area contributed by atoms with Crippen molar-refractivity contribution in [2.24, 2.45) is 5.41 Å². The first-order chi connectivity index (χ1) is 21.4. The van der Waals surface area contributed by atoms with Crippen LogP contribution in [0.3, 0.4) is 0 Å². The number of nitriles is 1. The van der Waals surface area contributed by atoms with Gasteiger partial charge in [0.1, 0.15) is 35.8 Å². The molecule has 0 radical (unpaired) electrons. The number of carbonyl (C=O) groups excluding carboxylic acids is 1. The summed E-state index contributed by atoms with van der Waals surface area (Å²) >= 11 is 0. The molecule has 11 heteroatoms. The molecule has 2 aromatic carbocycles. The molecule has 0 spiro atoms. The van der Waals surface area contributed by atoms with Crippen molar-refractivity contribution in [3.8, 4) is 28.7 Å². The molecule has 1 aliphatic rings. The molecule has 5 rings (SSSR count). The van der Waals surface area contributed by atoms with Crippen LogP contribution in [-0.2, 0) is 27.4 Å². The van der Waals surface area contributed by atoms with Crippen molar-refractivity contribution < 1.29 is 32.2 Å². The lowest BCUT2D eigenvalue weighted by Gasteiger charge is -2.37. The number of pyridine rings is 1. The summed E-state index contributed by atoms with van der Waals surface area (Å²) in [6.07, 6.45) is 4.03. The molecule has 1 saturated heterocycles. The molecule has 0 unspecified atom stereocenters. The van der Waals surface area contributed by atoms with Gasteiger partial charge in [0.2, 0.25) is 0 Å². The van der Waals surface area contributed by atoms with Crippen LogP contribution in [0.1, 0.15) is 30.9 Å². The first-order valence-corrected chi connectivity index (χ1v) is 18.6. The molecule has 0 atom stereocenters. The summed E-state index contributed by atoms with van der Waals surface area (Å²) in [4.78, 5) is 17.0. The maximum atomic E-state index is 15.3. The Morgan fingerprint density at radius 2 is 1.84 bits per heavy atom. The first kappa shape index (κ1) is 32.4. The molecule has 0 amide bonds. The fourth-order valence-electron chi connectivity index (χ4n) is 5.18. The van der Waals surface area contributed by atoms with Crippen molar-refractivity contribution in [1.82, 2.24) is 9.55 Å². The predicted octanol–water partition coefficient (Wildman–Crippen LogP) is 8.03. The molecule has 2 aromatic heterocycles. The van der Waals surface area contributed by atoms with Gasteiger partial charge in [0.25, 0.3) is 0 Å². The van der Waals surface area contributed by atoms with Crippen molar-refractivity contribution in [2.75, 3.05) is 19.8 Å². The minimum Gasteiger partial charge on any atom is -0.450 e. The Labute approximate surface area is 261 Å². The standard InChI is InChI=1S/C34H36F3N3O4Si/c1-34(19-43-20-34)9-7-25(41)13-22-14-28(36)32(29(37)15-22)44-30-8-10-39-33-31(30)26(23-5-6-24(17-38)27(35)16-23)18-40(33)21-42-11-12-45(2,3)4/h5-6,8,10,14-16,18H,7,9,11-13,19-21H2,1-4H3. The number of rotatable bonds is 13. The Balaban J connectivity index is 1.45. The molecule has 1 fully saturated rings. The van der Waals surface area contributed by atoms with Crippen molar-refractivity contribution in [2.45, 2.75) is 58.6 Å². The molecule has 0 saturated carbocycles. The maximum absolute atomic E-state index is 15.3. The number of nitrogens with zero attached hydrogens (tertiary/aromatic N) is 3. The van der Waals surface area contributed by atoms with Gasteiger partial charge in [0, 0.05) is 50.9 Å². The van der Waals surface area contributed by atoms with E-state index in [1.54, 1.807) is 16.8 Å². The quantitative estimate of drug-likeness (QED) is 0.109. The predicted molar refractivity (Wildman–Crippen MR) is 167 cm³/mol. The van der Waals surface area contributed by atoms with Gasteiger partial charge in [-0.05, 0) is 53.9 Å². The lowest BCUT2D eigenvalue weighted by molar-refractivity contribution is -0.125. The van der Waals surface area contributed by atoms with E-state index in [2.05, 4.69) is 24.6 Å². The molecule has 236 valence electrons. The van der Waals surface area contributed by atoms with Crippen LogP contribution in [-0.4, -0.2) is 43.2 Å². The Kier molecular flexibility index (Phi) is 9.48. The van der Waals surface area contributed by atoms with E-state index in [0.29, 0.717) is 54.8 Å². The number of carbonyl (C=O) groups is 1. The van der Waals surface area contributed by atoms with Gasteiger partial charge in [0.05, 0.1) is 24.2 Å². The molecule has 0 N–H and O–H groups in total. The van der Waals surface area contributed by atoms with Crippen molar-refractivity contribution in [1.29, 1.82) is 5.26 Å². The largest absolute Gasteiger partial charge is 0.450 e. The van der Waals surface area contributed by atoms with E-state index in [1.165, 1.54) is 24.4 Å². The zero-order valence-corrected chi connectivity index (χ0v) is 26.9. The van der Waals surface area contributed by atoms with E-state index >= 15 is 8.78 Å². The van der Waals surface area contributed by atoms with Crippen LogP contribution in [0.15, 0.2) is 48.8 Å². The zero-order chi connectivity index (χ0) is 32.4. The summed E-state index contributed by atoms with van der Waals surface area (Å²) < 4.78 is 64.1. The molecule has 1 aliphatic heterocycles. The van der Waals surface area contributed by atoms with E-state index < -0.39 is 31.3 Å². The number of benzene rings is 2. The van der Waals surface area contributed by atoms with Gasteiger partial charge in [-0.3, -0.25) is 4.79 Å². The van der Waals surface area contributed by atoms with Crippen LogP contribution < -0.4 is 4.74 Å². The number of fused-ring (bicyclic) bond motifs is 1. The summed E-state index contributed by atoms with van der Waals surface area (Å²) in [6.45, 7) is 10.7. The fourth-order valence-corrected chi connectivity index (χ4v) is 5.93. The van der Waals surface area contributed by atoms with Gasteiger partial charge in [-0.1, -0.05) is 32.6 Å². The maximum Gasteiger partial charge on any atom is 0.198 e. The monoisotopic (exact) mass is 635 g/mol. The van der Waals surface area contributed by atoms with Gasteiger partial charge >= 0.3 is 0 Å². The third-order valence-electron chi connectivity index (χ3n) is 7.93. The van der Waals surface area contributed by atoms with E-state index in [1.807, 2.05) is 13.0 Å². The molecular weight excluding hydrogens is 599 g/mol. The van der Waals surface area contributed by atoms with Gasteiger partial charge in [-0.2, -0.15) is 5.26 Å². The number of hydrogen-bond acceptors (Lipinski definition) is 6. The average Bonchev–Trinajstić information content (AvgIpc) is 3.34. The van der Waals surface area contributed by atoms with E-state index in [4.69, 9.17) is 14.2 Å². The van der Waals surface area contributed by atoms with E-state index in [0.717, 1.165) is 18.2 Å². The van der Waals surface area contributed by atoms with Crippen LogP contribution in [0.25, 0.3) is 22.2 Å². The van der Waals surface area contributed by atoms with E-state index in [-0.39, 0.29) is 41.2 Å². The average molecular weight is 636 g/mol. The molecule has 3 heterocycles. The van der Waals surface area contributed by atoms with Crippen LogP contribution in [0.4, 0.5) is 13.2 Å². The van der Waals surface area contributed by atoms with Crippen molar-refractivity contribution in [3.63, 3.8) is 0 Å². The summed E-state index contributed by atoms with van der Waals surface area (Å²) in [5, 5.41) is 9.59. The Bertz CT molecular complexity index is 1750. The van der Waals surface area contributed by atoms with Gasteiger partial charge in [0.15, 0.2) is 17.4 Å². The normalized spacial score (nSPS) is 14.3. The molecule has 0 aliphatic carbocycles. The summed E-state index contributed by atoms with van der Waals surface area (Å²) in [7, 11) is -1.33. The summed E-state index contributed by atoms with van der Waals surface area (Å²) in [5.74, 6) is -3.26. The fraction of sp³-hybridized carbons (Fsp3) is 0.382. The zero-order valence-electron chi connectivity index (χ0n) is 25.9. The number of hydrogen-bond donors (Lipinski definition) is 0. The number of ether oxygens (including phenoxy) is 3. The highest BCUT2D eigenvalue weighted by Crippen LogP contribution is 2.40. The van der Waals surface area contributed by atoms with Crippen molar-refractivity contribution >= 4 is 24.9 Å². The third kappa shape index (κ3) is 7.64. The Morgan fingerprint density at radius 1 is 1.11 bits per heavy atom. The molecule has 7 nitrogen and oxygen atoms in total. The Morgan fingerprint density at radius 3 is 2.47 bits per heavy atom. The highest BCUT2D eigenvalue weighted by molar-refractivity contribution is 6.76. The highest BCUT2D eigenvalue weighted by Gasteiger charge is 2.33. The first-order valence-electron chi connectivity index (χ1n) is 14.9. The molecule has 0 bridgehead atoms. The SMILES string of the molecule is CC1(CCC(=O)Cc2cc(F)c(Oc3ccnc4c3c(-c3ccc(C#N)c(F)c3)cn4COCC[Si](C)(C)C)c(F)c2)COC1. The highest BCUT2D eigenvalue weighted by atomic mass is 28.3. The Hall–Kier alpha value is -3.98. The number of Topliss-reactive ketones (excluding diaryl/α,β-unsaturated/α-hetero) is 1. The lowest BCUT2D eigenvalue weighted by atomic mass is 9.82. The number of halogens is 3. The second-order valence-corrected chi connectivity index (χ2v) is 18.8. The third-order valence-corrected chi connectivity index (χ3v) is 9.63. The number of aromatic nitrogens is 2. The second kappa shape index (κ2) is 13.2. The smallest absolute Gasteiger partial charge is 0.198 e. The van der Waals surface area contributed by atoms with Crippen LogP contribution in [0.2, 0.25) is 25.7 Å². The van der Waals surface area contributed by atoms with Gasteiger partial charge < -0.3 is 18.8 Å². The molecule has 4 aromatic rings. The van der Waals surface area contributed by atoms with Crippen LogP contribution >= 0.6 is 0 Å². The van der Waals surface area contributed by atoms with Gasteiger partial charge in [-0.15, -0.1) is 0 Å². The van der Waals surface area contributed by atoms with E-state index in [9.17, 15) is 14.4 Å². The summed E-state index contributed by atoms with van der Waals surface area (Å²) in [6, 6.07) is 10.6. The topological polar surface area (TPSA) is 86.4 Å². The number of ketones is 1. The summed E-state index contributed by atoms with van der Waals surface area (Å²) in [5.41, 5.74) is 1.40.